The van der Waals surface area contributed by atoms with Crippen molar-refractivity contribution in [1.82, 2.24) is 0 Å². The normalized spacial score (nSPS) is 22.0. The molecular formula is C32H37N2O2+. The number of rotatable bonds is 4. The molecule has 36 heavy (non-hydrogen) atoms. The average Bonchev–Trinajstić information content (AvgIpc) is 3.18. The third kappa shape index (κ3) is 3.27. The first-order valence-corrected chi connectivity index (χ1v) is 13.0. The van der Waals surface area contributed by atoms with Crippen molar-refractivity contribution in [1.29, 1.82) is 0 Å². The Hall–Kier alpha value is -3.40. The first-order valence-electron chi connectivity index (χ1n) is 13.0. The third-order valence-electron chi connectivity index (χ3n) is 8.29. The minimum atomic E-state index is -0.259. The van der Waals surface area contributed by atoms with Crippen molar-refractivity contribution in [2.75, 3.05) is 18.0 Å². The molecule has 0 saturated carbocycles. The van der Waals surface area contributed by atoms with Gasteiger partial charge in [-0.1, -0.05) is 43.2 Å². The molecule has 3 aliphatic rings. The molecule has 1 aliphatic carbocycles. The van der Waals surface area contributed by atoms with Crippen LogP contribution in [0, 0.1) is 13.8 Å². The van der Waals surface area contributed by atoms with Crippen LogP contribution in [-0.4, -0.2) is 34.3 Å². The zero-order valence-electron chi connectivity index (χ0n) is 22.8. The summed E-state index contributed by atoms with van der Waals surface area (Å²) in [6.07, 6.45) is 3.82. The first-order chi connectivity index (χ1) is 16.9. The van der Waals surface area contributed by atoms with Crippen LogP contribution in [0.15, 0.2) is 71.2 Å². The molecule has 0 spiro atoms. The fourth-order valence-corrected chi connectivity index (χ4v) is 6.16. The summed E-state index contributed by atoms with van der Waals surface area (Å²) in [5, 5.41) is 11.1. The Morgan fingerprint density at radius 1 is 0.917 bits per heavy atom. The second kappa shape index (κ2) is 8.06. The molecule has 0 saturated heterocycles. The van der Waals surface area contributed by atoms with E-state index in [1.54, 1.807) is 0 Å². The summed E-state index contributed by atoms with van der Waals surface area (Å²) >= 11 is 0. The molecular weight excluding hydrogens is 444 g/mol. The lowest BCUT2D eigenvalue weighted by molar-refractivity contribution is -0.433. The second-order valence-corrected chi connectivity index (χ2v) is 11.3. The molecule has 0 aromatic heterocycles. The third-order valence-corrected chi connectivity index (χ3v) is 8.29. The largest absolute Gasteiger partial charge is 0.506 e. The van der Waals surface area contributed by atoms with Crippen LogP contribution in [0.5, 0.6) is 0 Å². The molecule has 0 unspecified atom stereocenters. The number of anilines is 1. The predicted molar refractivity (Wildman–Crippen MR) is 148 cm³/mol. The molecule has 5 rings (SSSR count). The van der Waals surface area contributed by atoms with Crippen LogP contribution in [0.2, 0.25) is 0 Å². The molecule has 0 amide bonds. The lowest BCUT2D eigenvalue weighted by atomic mass is 9.77. The van der Waals surface area contributed by atoms with Crippen LogP contribution in [0.3, 0.4) is 0 Å². The van der Waals surface area contributed by atoms with Crippen LogP contribution in [0.4, 0.5) is 11.4 Å². The van der Waals surface area contributed by atoms with Gasteiger partial charge < -0.3 is 10.0 Å². The van der Waals surface area contributed by atoms with E-state index in [1.165, 1.54) is 33.6 Å². The topological polar surface area (TPSA) is 43.5 Å². The lowest BCUT2D eigenvalue weighted by Crippen LogP contribution is -2.32. The van der Waals surface area contributed by atoms with Gasteiger partial charge in [0.2, 0.25) is 11.5 Å². The highest BCUT2D eigenvalue weighted by Crippen LogP contribution is 2.49. The Kier molecular flexibility index (Phi) is 5.44. The van der Waals surface area contributed by atoms with Gasteiger partial charge in [0.25, 0.3) is 0 Å². The summed E-state index contributed by atoms with van der Waals surface area (Å²) in [4.78, 5) is 15.7. The summed E-state index contributed by atoms with van der Waals surface area (Å²) in [6.45, 7) is 18.8. The fraction of sp³-hybridized carbons (Fsp3) is 0.375. The Labute approximate surface area is 215 Å². The monoisotopic (exact) mass is 481 g/mol. The lowest BCUT2D eigenvalue weighted by Gasteiger charge is -2.28. The molecule has 2 aromatic rings. The Balaban J connectivity index is 1.58. The van der Waals surface area contributed by atoms with Gasteiger partial charge in [-0.15, -0.1) is 0 Å². The van der Waals surface area contributed by atoms with Crippen molar-refractivity contribution in [3.8, 4) is 0 Å². The van der Waals surface area contributed by atoms with E-state index in [9.17, 15) is 9.90 Å². The van der Waals surface area contributed by atoms with Crippen molar-refractivity contribution < 1.29 is 14.5 Å². The number of aliphatic hydroxyl groups excluding tert-OH is 1. The van der Waals surface area contributed by atoms with E-state index in [-0.39, 0.29) is 22.4 Å². The van der Waals surface area contributed by atoms with Gasteiger partial charge in [0, 0.05) is 41.1 Å². The average molecular weight is 482 g/mol. The van der Waals surface area contributed by atoms with Crippen molar-refractivity contribution in [2.45, 2.75) is 66.2 Å². The molecule has 186 valence electrons. The van der Waals surface area contributed by atoms with Crippen molar-refractivity contribution >= 4 is 22.9 Å². The maximum absolute atomic E-state index is 13.4. The number of hydrogen-bond donors (Lipinski definition) is 1. The van der Waals surface area contributed by atoms with Gasteiger partial charge >= 0.3 is 0 Å². The van der Waals surface area contributed by atoms with E-state index in [0.717, 1.165) is 24.5 Å². The maximum atomic E-state index is 13.4. The molecule has 0 fully saturated rings. The van der Waals surface area contributed by atoms with Crippen LogP contribution in [0.1, 0.15) is 63.8 Å². The number of fused-ring (bicyclic) bond motifs is 2. The minimum Gasteiger partial charge on any atom is -0.506 e. The van der Waals surface area contributed by atoms with Gasteiger partial charge in [-0.3, -0.25) is 4.79 Å². The predicted octanol–water partition coefficient (Wildman–Crippen LogP) is 6.72. The van der Waals surface area contributed by atoms with Gasteiger partial charge in [0.15, 0.2) is 5.71 Å². The standard InChI is InChI=1S/C32H36N2O2/c1-9-33-25-13-11-19(3)15-23(25)31(5,6)27(33)17-21-29(35)22(30(21)36)18-28-32(7,8)24-16-20(4)12-14-26(24)34(28)10-2/h11-18H,9-10H2,1-8H3/p+1. The molecule has 0 atom stereocenters. The quantitative estimate of drug-likeness (QED) is 0.389. The molecule has 2 heterocycles. The number of ketones is 1. The van der Waals surface area contributed by atoms with Gasteiger partial charge in [-0.05, 0) is 65.3 Å². The first kappa shape index (κ1) is 24.3. The van der Waals surface area contributed by atoms with Crippen LogP contribution in [0.25, 0.3) is 0 Å². The zero-order chi connectivity index (χ0) is 26.2. The molecule has 2 aliphatic heterocycles. The molecule has 0 radical (unpaired) electrons. The van der Waals surface area contributed by atoms with Crippen molar-refractivity contribution in [2.24, 2.45) is 0 Å². The smallest absolute Gasteiger partial charge is 0.209 e. The van der Waals surface area contributed by atoms with Gasteiger partial charge in [0.1, 0.15) is 12.3 Å². The molecule has 4 nitrogen and oxygen atoms in total. The van der Waals surface area contributed by atoms with Crippen LogP contribution >= 0.6 is 0 Å². The van der Waals surface area contributed by atoms with Crippen molar-refractivity contribution in [3.63, 3.8) is 0 Å². The number of aliphatic hydroxyl groups is 1. The highest BCUT2D eigenvalue weighted by atomic mass is 16.3. The van der Waals surface area contributed by atoms with E-state index in [4.69, 9.17) is 0 Å². The van der Waals surface area contributed by atoms with Gasteiger partial charge in [-0.25, -0.2) is 0 Å². The van der Waals surface area contributed by atoms with Crippen molar-refractivity contribution in [3.05, 3.63) is 93.4 Å². The molecule has 4 heteroatoms. The minimum absolute atomic E-state index is 0.0921. The Morgan fingerprint density at radius 3 is 2.17 bits per heavy atom. The zero-order valence-corrected chi connectivity index (χ0v) is 22.8. The summed E-state index contributed by atoms with van der Waals surface area (Å²) in [5.74, 6) is 0.00320. The Bertz CT molecular complexity index is 1450. The van der Waals surface area contributed by atoms with Crippen LogP contribution in [-0.2, 0) is 15.6 Å². The Morgan fingerprint density at radius 2 is 1.56 bits per heavy atom. The summed E-state index contributed by atoms with van der Waals surface area (Å²) in [7, 11) is 0. The SMILES string of the molecule is CCN1C(=CC2=C(O)C(=CC3=[N+](CC)c4ccc(C)cc4C3(C)C)C2=O)C(C)(C)c2cc(C)ccc21. The molecule has 1 N–H and O–H groups in total. The number of carbonyl (C=O) groups is 1. The van der Waals surface area contributed by atoms with Gasteiger partial charge in [-0.2, -0.15) is 4.58 Å². The van der Waals surface area contributed by atoms with E-state index in [0.29, 0.717) is 11.1 Å². The van der Waals surface area contributed by atoms with E-state index in [2.05, 4.69) is 101 Å². The summed E-state index contributed by atoms with van der Waals surface area (Å²) in [6, 6.07) is 13.1. The fourth-order valence-electron chi connectivity index (χ4n) is 6.16. The second-order valence-electron chi connectivity index (χ2n) is 11.3. The summed E-state index contributed by atoms with van der Waals surface area (Å²) < 4.78 is 2.26. The van der Waals surface area contributed by atoms with E-state index < -0.39 is 0 Å². The van der Waals surface area contributed by atoms with E-state index >= 15 is 0 Å². The summed E-state index contributed by atoms with van der Waals surface area (Å²) in [5.41, 5.74) is 9.70. The number of benzene rings is 2. The number of carbonyl (C=O) groups excluding carboxylic acids is 1. The van der Waals surface area contributed by atoms with Gasteiger partial charge in [0.05, 0.1) is 16.6 Å². The maximum Gasteiger partial charge on any atom is 0.209 e. The molecule has 0 bridgehead atoms. The molecule has 2 aromatic carbocycles. The number of aryl methyl sites for hydroxylation is 2. The number of Topliss-reactive ketones (excluding diaryl/α,β-unsaturated/α-hetero) is 1. The highest BCUT2D eigenvalue weighted by molar-refractivity contribution is 6.24. The van der Waals surface area contributed by atoms with Crippen LogP contribution < -0.4 is 4.90 Å². The number of allylic oxidation sites excluding steroid dienone is 5. The van der Waals surface area contributed by atoms with E-state index in [1.807, 2.05) is 12.2 Å². The number of nitrogens with zero attached hydrogens (tertiary/aromatic N) is 2. The number of likely N-dealkylation sites (N-methyl/N-ethyl adjacent to an activating group) is 1. The highest BCUT2D eigenvalue weighted by Gasteiger charge is 2.47. The number of hydrogen-bond acceptors (Lipinski definition) is 3.